The smallest absolute Gasteiger partial charge is 0.335 e. The molecule has 0 aromatic heterocycles. The van der Waals surface area contributed by atoms with Crippen molar-refractivity contribution in [3.63, 3.8) is 0 Å². The third-order valence-corrected chi connectivity index (χ3v) is 3.92. The Kier molecular flexibility index (Phi) is 6.09. The molecule has 0 aliphatic carbocycles. The largest absolute Gasteiger partial charge is 0.479 e. The summed E-state index contributed by atoms with van der Waals surface area (Å²) in [5, 5.41) is 75.8. The molecule has 0 spiro atoms. The standard InChI is InChI=1S/C12H20O12/c13-3-2(23-11(21)7(17)4(3)14)1-22-12-8(18)5(15)6(16)9(24-12)10(19)20/h2-9,11-18,21H,1H2,(H,19,20)/t2?,3-,4+,5+,6-,7-,8-,9+,11-,12+/m1/s1. The highest BCUT2D eigenvalue weighted by molar-refractivity contribution is 5.73. The van der Waals surface area contributed by atoms with E-state index in [0.29, 0.717) is 0 Å². The Bertz CT molecular complexity index is 446. The summed E-state index contributed by atoms with van der Waals surface area (Å²) in [7, 11) is 0. The predicted molar refractivity (Wildman–Crippen MR) is 69.2 cm³/mol. The number of carbonyl (C=O) groups is 1. The molecule has 10 atom stereocenters. The summed E-state index contributed by atoms with van der Waals surface area (Å²) in [6.07, 6.45) is -17.3. The van der Waals surface area contributed by atoms with Crippen LogP contribution in [-0.2, 0) is 19.0 Å². The van der Waals surface area contributed by atoms with Gasteiger partial charge in [0.15, 0.2) is 18.7 Å². The average Bonchev–Trinajstić information content (AvgIpc) is 2.54. The first-order valence-electron chi connectivity index (χ1n) is 7.07. The van der Waals surface area contributed by atoms with Crippen molar-refractivity contribution in [2.24, 2.45) is 0 Å². The van der Waals surface area contributed by atoms with Crippen molar-refractivity contribution < 1.29 is 59.9 Å². The minimum atomic E-state index is -1.88. The van der Waals surface area contributed by atoms with Gasteiger partial charge in [0.2, 0.25) is 0 Å². The number of aliphatic carboxylic acids is 1. The second-order valence-electron chi connectivity index (χ2n) is 5.61. The minimum Gasteiger partial charge on any atom is -0.479 e. The lowest BCUT2D eigenvalue weighted by Crippen LogP contribution is -2.62. The second kappa shape index (κ2) is 7.53. The Hall–Kier alpha value is -0.930. The highest BCUT2D eigenvalue weighted by Gasteiger charge is 2.49. The van der Waals surface area contributed by atoms with Gasteiger partial charge in [-0.1, -0.05) is 0 Å². The Morgan fingerprint density at radius 3 is 1.96 bits per heavy atom. The molecule has 12 heteroatoms. The van der Waals surface area contributed by atoms with Gasteiger partial charge in [-0.3, -0.25) is 0 Å². The third-order valence-electron chi connectivity index (χ3n) is 3.92. The van der Waals surface area contributed by atoms with E-state index in [2.05, 4.69) is 0 Å². The normalized spacial score (nSPS) is 49.8. The van der Waals surface area contributed by atoms with E-state index in [1.807, 2.05) is 0 Å². The summed E-state index contributed by atoms with van der Waals surface area (Å²) in [5.74, 6) is -1.59. The van der Waals surface area contributed by atoms with Crippen molar-refractivity contribution >= 4 is 5.97 Å². The van der Waals surface area contributed by atoms with Gasteiger partial charge in [-0.15, -0.1) is 0 Å². The summed E-state index contributed by atoms with van der Waals surface area (Å²) in [6, 6.07) is 0. The summed E-state index contributed by atoms with van der Waals surface area (Å²) < 4.78 is 14.7. The Balaban J connectivity index is 1.98. The molecule has 2 aliphatic heterocycles. The lowest BCUT2D eigenvalue weighted by molar-refractivity contribution is -0.321. The van der Waals surface area contributed by atoms with E-state index < -0.39 is 74.0 Å². The van der Waals surface area contributed by atoms with Gasteiger partial charge in [0.1, 0.15) is 42.7 Å². The van der Waals surface area contributed by atoms with Crippen LogP contribution in [-0.4, -0.2) is 115 Å². The number of aliphatic hydroxyl groups excluding tert-OH is 7. The number of hydrogen-bond donors (Lipinski definition) is 8. The van der Waals surface area contributed by atoms with E-state index in [9.17, 15) is 40.5 Å². The van der Waals surface area contributed by atoms with Crippen LogP contribution < -0.4 is 0 Å². The number of carboxylic acids is 1. The molecule has 0 amide bonds. The maximum Gasteiger partial charge on any atom is 0.335 e. The number of carboxylic acid groups (broad SMARTS) is 1. The second-order valence-corrected chi connectivity index (χ2v) is 5.61. The number of rotatable bonds is 4. The summed E-state index contributed by atoms with van der Waals surface area (Å²) >= 11 is 0. The maximum atomic E-state index is 11.0. The fourth-order valence-corrected chi connectivity index (χ4v) is 2.45. The molecule has 0 bridgehead atoms. The van der Waals surface area contributed by atoms with E-state index in [1.165, 1.54) is 0 Å². The molecule has 1 unspecified atom stereocenters. The molecular weight excluding hydrogens is 336 g/mol. The van der Waals surface area contributed by atoms with Crippen molar-refractivity contribution in [1.29, 1.82) is 0 Å². The fourth-order valence-electron chi connectivity index (χ4n) is 2.45. The lowest BCUT2D eigenvalue weighted by atomic mass is 9.98. The first kappa shape index (κ1) is 19.4. The van der Waals surface area contributed by atoms with Crippen LogP contribution in [0.1, 0.15) is 0 Å². The summed E-state index contributed by atoms with van der Waals surface area (Å²) in [5.41, 5.74) is 0. The Morgan fingerprint density at radius 1 is 0.792 bits per heavy atom. The molecule has 2 saturated heterocycles. The van der Waals surface area contributed by atoms with E-state index >= 15 is 0 Å². The SMILES string of the molecule is O=C(O)[C@H]1O[C@H](OCC2O[C@@H](O)[C@H](O)[C@@H](O)[C@@H]2O)[C@H](O)[C@@H](O)[C@H]1O. The monoisotopic (exact) mass is 356 g/mol. The topological polar surface area (TPSA) is 207 Å². The average molecular weight is 356 g/mol. The van der Waals surface area contributed by atoms with Crippen molar-refractivity contribution in [2.75, 3.05) is 6.61 Å². The van der Waals surface area contributed by atoms with E-state index in [-0.39, 0.29) is 0 Å². The zero-order valence-electron chi connectivity index (χ0n) is 12.2. The molecule has 0 radical (unpaired) electrons. The predicted octanol–water partition coefficient (Wildman–Crippen LogP) is -5.30. The third kappa shape index (κ3) is 3.67. The summed E-state index contributed by atoms with van der Waals surface area (Å²) in [4.78, 5) is 11.0. The molecule has 0 aromatic carbocycles. The van der Waals surface area contributed by atoms with Crippen LogP contribution in [0.2, 0.25) is 0 Å². The highest BCUT2D eigenvalue weighted by atomic mass is 16.7. The first-order valence-corrected chi connectivity index (χ1v) is 7.07. The molecule has 12 nitrogen and oxygen atoms in total. The Labute approximate surface area is 135 Å². The summed E-state index contributed by atoms with van der Waals surface area (Å²) in [6.45, 7) is -0.584. The highest BCUT2D eigenvalue weighted by Crippen LogP contribution is 2.25. The van der Waals surface area contributed by atoms with Crippen molar-refractivity contribution in [3.8, 4) is 0 Å². The minimum absolute atomic E-state index is 0.584. The fraction of sp³-hybridized carbons (Fsp3) is 0.917. The molecule has 0 saturated carbocycles. The molecule has 0 aromatic rings. The number of ether oxygens (including phenoxy) is 3. The van der Waals surface area contributed by atoms with Crippen LogP contribution in [0.15, 0.2) is 0 Å². The Morgan fingerprint density at radius 2 is 1.38 bits per heavy atom. The van der Waals surface area contributed by atoms with Crippen LogP contribution in [0, 0.1) is 0 Å². The van der Waals surface area contributed by atoms with Gasteiger partial charge in [0.05, 0.1) is 6.61 Å². The van der Waals surface area contributed by atoms with Gasteiger partial charge in [0.25, 0.3) is 0 Å². The van der Waals surface area contributed by atoms with Crippen LogP contribution in [0.3, 0.4) is 0 Å². The molecule has 24 heavy (non-hydrogen) atoms. The quantitative estimate of drug-likeness (QED) is 0.238. The van der Waals surface area contributed by atoms with E-state index in [1.54, 1.807) is 0 Å². The first-order chi connectivity index (χ1) is 11.1. The van der Waals surface area contributed by atoms with Gasteiger partial charge in [-0.25, -0.2) is 4.79 Å². The molecule has 140 valence electrons. The molecule has 2 fully saturated rings. The molecule has 2 rings (SSSR count). The zero-order chi connectivity index (χ0) is 18.2. The molecule has 2 aliphatic rings. The van der Waals surface area contributed by atoms with Gasteiger partial charge in [-0.2, -0.15) is 0 Å². The molecule has 8 N–H and O–H groups in total. The van der Waals surface area contributed by atoms with E-state index in [4.69, 9.17) is 19.3 Å². The van der Waals surface area contributed by atoms with Crippen LogP contribution in [0.5, 0.6) is 0 Å². The van der Waals surface area contributed by atoms with Gasteiger partial charge in [-0.05, 0) is 0 Å². The molecular formula is C12H20O12. The van der Waals surface area contributed by atoms with Gasteiger partial charge >= 0.3 is 5.97 Å². The van der Waals surface area contributed by atoms with Gasteiger partial charge < -0.3 is 55.1 Å². The van der Waals surface area contributed by atoms with Crippen molar-refractivity contribution in [2.45, 2.75) is 61.4 Å². The van der Waals surface area contributed by atoms with E-state index in [0.717, 1.165) is 0 Å². The number of aliphatic hydroxyl groups is 7. The van der Waals surface area contributed by atoms with Crippen LogP contribution in [0.4, 0.5) is 0 Å². The zero-order valence-corrected chi connectivity index (χ0v) is 12.2. The van der Waals surface area contributed by atoms with Crippen molar-refractivity contribution in [1.82, 2.24) is 0 Å². The maximum absolute atomic E-state index is 11.0. The van der Waals surface area contributed by atoms with Gasteiger partial charge in [0, 0.05) is 0 Å². The number of hydrogen-bond acceptors (Lipinski definition) is 11. The lowest BCUT2D eigenvalue weighted by Gasteiger charge is -2.41. The van der Waals surface area contributed by atoms with Crippen LogP contribution in [0.25, 0.3) is 0 Å². The molecule has 2 heterocycles. The van der Waals surface area contributed by atoms with Crippen LogP contribution >= 0.6 is 0 Å². The van der Waals surface area contributed by atoms with Crippen molar-refractivity contribution in [3.05, 3.63) is 0 Å².